The Morgan fingerprint density at radius 3 is 1.92 bits per heavy atom. The van der Waals surface area contributed by atoms with Gasteiger partial charge in [0.1, 0.15) is 5.75 Å². The van der Waals surface area contributed by atoms with Gasteiger partial charge in [-0.3, -0.25) is 0 Å². The minimum atomic E-state index is -0.509. The van der Waals surface area contributed by atoms with Gasteiger partial charge in [-0.1, -0.05) is 60.7 Å². The number of carbonyl (C=O) groups is 1. The van der Waals surface area contributed by atoms with Crippen LogP contribution < -0.4 is 14.5 Å². The van der Waals surface area contributed by atoms with E-state index in [1.165, 1.54) is 11.1 Å². The summed E-state index contributed by atoms with van der Waals surface area (Å²) in [4.78, 5) is 22.6. The highest BCUT2D eigenvalue weighted by molar-refractivity contribution is 5.75. The van der Waals surface area contributed by atoms with Crippen LogP contribution in [0.15, 0.2) is 78.9 Å². The van der Waals surface area contributed by atoms with Crippen LogP contribution >= 0.6 is 0 Å². The van der Waals surface area contributed by atoms with E-state index in [4.69, 9.17) is 9.57 Å². The van der Waals surface area contributed by atoms with Gasteiger partial charge in [0.15, 0.2) is 0 Å². The molecule has 0 saturated carbocycles. The Labute approximate surface area is 221 Å². The lowest BCUT2D eigenvalue weighted by Gasteiger charge is -2.36. The number of hydrogen-bond donors (Lipinski definition) is 0. The maximum Gasteiger partial charge on any atom is 0.330 e. The molecule has 1 aliphatic rings. The lowest BCUT2D eigenvalue weighted by molar-refractivity contribution is -0.201. The third-order valence-electron chi connectivity index (χ3n) is 6.44. The van der Waals surface area contributed by atoms with Crippen molar-refractivity contribution in [2.24, 2.45) is 5.41 Å². The van der Waals surface area contributed by atoms with Gasteiger partial charge in [-0.15, -0.1) is 5.06 Å². The van der Waals surface area contributed by atoms with Crippen LogP contribution in [-0.2, 0) is 22.7 Å². The molecule has 0 spiro atoms. The molecule has 6 nitrogen and oxygen atoms in total. The van der Waals surface area contributed by atoms with Gasteiger partial charge in [0.25, 0.3) is 0 Å². The molecule has 37 heavy (non-hydrogen) atoms. The number of hydrogen-bond acceptors (Lipinski definition) is 6. The van der Waals surface area contributed by atoms with E-state index in [2.05, 4.69) is 88.7 Å². The molecule has 0 aliphatic carbocycles. The average molecular weight is 502 g/mol. The van der Waals surface area contributed by atoms with Gasteiger partial charge >= 0.3 is 5.97 Å². The molecule has 0 atom stereocenters. The van der Waals surface area contributed by atoms with Crippen LogP contribution in [-0.4, -0.2) is 43.8 Å². The van der Waals surface area contributed by atoms with Crippen LogP contribution in [0.2, 0.25) is 0 Å². The molecule has 0 unspecified atom stereocenters. The smallest absolute Gasteiger partial charge is 0.330 e. The summed E-state index contributed by atoms with van der Waals surface area (Å²) in [7, 11) is 0. The van der Waals surface area contributed by atoms with Crippen molar-refractivity contribution in [3.8, 4) is 5.75 Å². The van der Waals surface area contributed by atoms with Crippen LogP contribution in [0.3, 0.4) is 0 Å². The minimum Gasteiger partial charge on any atom is -0.492 e. The number of hydroxylamine groups is 2. The molecule has 0 amide bonds. The second kappa shape index (κ2) is 12.2. The molecular weight excluding hydrogens is 462 g/mol. The Morgan fingerprint density at radius 2 is 1.41 bits per heavy atom. The highest BCUT2D eigenvalue weighted by atomic mass is 16.7. The fourth-order valence-electron chi connectivity index (χ4n) is 4.36. The first kappa shape index (κ1) is 26.6. The SMILES string of the molecule is CCOc1cc(N2CCN(OC(=O)C(C)(C)C)CC2)ccc1N(Cc1ccccc1)Cc1ccccc1. The average Bonchev–Trinajstić information content (AvgIpc) is 2.90. The lowest BCUT2D eigenvalue weighted by Crippen LogP contribution is -2.48. The highest BCUT2D eigenvalue weighted by Crippen LogP contribution is 2.35. The normalized spacial score (nSPS) is 14.3. The molecule has 0 bridgehead atoms. The van der Waals surface area contributed by atoms with Crippen molar-refractivity contribution < 1.29 is 14.4 Å². The summed E-state index contributed by atoms with van der Waals surface area (Å²) < 4.78 is 6.19. The summed E-state index contributed by atoms with van der Waals surface area (Å²) >= 11 is 0. The number of benzene rings is 3. The van der Waals surface area contributed by atoms with Gasteiger partial charge in [-0.05, 0) is 51.0 Å². The van der Waals surface area contributed by atoms with E-state index < -0.39 is 5.41 Å². The van der Waals surface area contributed by atoms with Gasteiger partial charge < -0.3 is 19.4 Å². The first-order chi connectivity index (χ1) is 17.8. The standard InChI is InChI=1S/C31H39N3O3/c1-5-36-29-22-27(32-18-20-34(21-19-32)37-30(35)31(2,3)4)16-17-28(29)33(23-25-12-8-6-9-13-25)24-26-14-10-7-11-15-26/h6-17,22H,5,18-21,23-24H2,1-4H3. The lowest BCUT2D eigenvalue weighted by atomic mass is 9.98. The fraction of sp³-hybridized carbons (Fsp3) is 0.387. The Bertz CT molecular complexity index is 1100. The van der Waals surface area contributed by atoms with Crippen molar-refractivity contribution in [1.29, 1.82) is 0 Å². The number of nitrogens with zero attached hydrogens (tertiary/aromatic N) is 3. The zero-order chi connectivity index (χ0) is 26.3. The zero-order valence-corrected chi connectivity index (χ0v) is 22.5. The van der Waals surface area contributed by atoms with E-state index in [0.717, 1.165) is 43.3 Å². The van der Waals surface area contributed by atoms with Crippen molar-refractivity contribution >= 4 is 17.3 Å². The summed E-state index contributed by atoms with van der Waals surface area (Å²) in [5.41, 5.74) is 4.20. The Kier molecular flexibility index (Phi) is 8.72. The van der Waals surface area contributed by atoms with Crippen molar-refractivity contribution in [3.05, 3.63) is 90.0 Å². The summed E-state index contributed by atoms with van der Waals surface area (Å²) in [6.07, 6.45) is 0. The van der Waals surface area contributed by atoms with Gasteiger partial charge in [0.05, 0.1) is 30.8 Å². The predicted molar refractivity (Wildman–Crippen MR) is 150 cm³/mol. The zero-order valence-electron chi connectivity index (χ0n) is 22.5. The predicted octanol–water partition coefficient (Wildman–Crippen LogP) is 5.92. The Morgan fingerprint density at radius 1 is 0.838 bits per heavy atom. The van der Waals surface area contributed by atoms with Crippen molar-refractivity contribution in [2.75, 3.05) is 42.6 Å². The number of piperazine rings is 1. The molecule has 0 radical (unpaired) electrons. The van der Waals surface area contributed by atoms with Crippen LogP contribution in [0.5, 0.6) is 5.75 Å². The molecule has 3 aromatic carbocycles. The maximum atomic E-state index is 12.3. The maximum absolute atomic E-state index is 12.3. The summed E-state index contributed by atoms with van der Waals surface area (Å²) in [5, 5.41) is 1.78. The van der Waals surface area contributed by atoms with E-state index in [1.807, 2.05) is 27.7 Å². The number of anilines is 2. The molecule has 4 rings (SSSR count). The molecule has 3 aromatic rings. The van der Waals surface area contributed by atoms with Crippen molar-refractivity contribution in [3.63, 3.8) is 0 Å². The van der Waals surface area contributed by atoms with Gasteiger partial charge in [-0.2, -0.15) is 0 Å². The van der Waals surface area contributed by atoms with E-state index in [-0.39, 0.29) is 5.97 Å². The summed E-state index contributed by atoms with van der Waals surface area (Å²) in [6, 6.07) is 27.6. The molecule has 0 aromatic heterocycles. The van der Waals surface area contributed by atoms with Crippen LogP contribution in [0.1, 0.15) is 38.8 Å². The topological polar surface area (TPSA) is 45.3 Å². The molecule has 1 heterocycles. The fourth-order valence-corrected chi connectivity index (χ4v) is 4.36. The first-order valence-corrected chi connectivity index (χ1v) is 13.2. The van der Waals surface area contributed by atoms with Crippen molar-refractivity contribution in [2.45, 2.75) is 40.8 Å². The first-order valence-electron chi connectivity index (χ1n) is 13.2. The van der Waals surface area contributed by atoms with Crippen molar-refractivity contribution in [1.82, 2.24) is 5.06 Å². The van der Waals surface area contributed by atoms with Crippen LogP contribution in [0.25, 0.3) is 0 Å². The highest BCUT2D eigenvalue weighted by Gasteiger charge is 2.28. The van der Waals surface area contributed by atoms with Gasteiger partial charge in [-0.25, -0.2) is 4.79 Å². The summed E-state index contributed by atoms with van der Waals surface area (Å²) in [5.74, 6) is 0.689. The van der Waals surface area contributed by atoms with E-state index in [9.17, 15) is 4.79 Å². The Balaban J connectivity index is 1.53. The van der Waals surface area contributed by atoms with Crippen LogP contribution in [0, 0.1) is 5.41 Å². The molecule has 196 valence electrons. The second-order valence-corrected chi connectivity index (χ2v) is 10.5. The summed E-state index contributed by atoms with van der Waals surface area (Å²) in [6.45, 7) is 12.7. The second-order valence-electron chi connectivity index (χ2n) is 10.5. The van der Waals surface area contributed by atoms with Crippen LogP contribution in [0.4, 0.5) is 11.4 Å². The number of rotatable bonds is 9. The third kappa shape index (κ3) is 7.26. The monoisotopic (exact) mass is 501 g/mol. The quantitative estimate of drug-likeness (QED) is 0.363. The molecule has 1 saturated heterocycles. The molecule has 0 N–H and O–H groups in total. The molecule has 1 fully saturated rings. The Hall–Kier alpha value is -3.51. The third-order valence-corrected chi connectivity index (χ3v) is 6.44. The largest absolute Gasteiger partial charge is 0.492 e. The minimum absolute atomic E-state index is 0.194. The van der Waals surface area contributed by atoms with Gasteiger partial charge in [0, 0.05) is 37.9 Å². The number of ether oxygens (including phenoxy) is 1. The van der Waals surface area contributed by atoms with E-state index in [1.54, 1.807) is 5.06 Å². The molecule has 6 heteroatoms. The van der Waals surface area contributed by atoms with E-state index >= 15 is 0 Å². The van der Waals surface area contributed by atoms with Gasteiger partial charge in [0.2, 0.25) is 0 Å². The molecular formula is C31H39N3O3. The van der Waals surface area contributed by atoms with E-state index in [0.29, 0.717) is 19.7 Å². The number of carbonyl (C=O) groups excluding carboxylic acids is 1. The molecule has 1 aliphatic heterocycles.